The van der Waals surface area contributed by atoms with Crippen LogP contribution in [0.4, 0.5) is 5.13 Å². The van der Waals surface area contributed by atoms with Crippen LogP contribution in [0.15, 0.2) is 52.1 Å². The van der Waals surface area contributed by atoms with Gasteiger partial charge in [0.1, 0.15) is 24.2 Å². The van der Waals surface area contributed by atoms with Crippen molar-refractivity contribution < 1.29 is 24.1 Å². The topological polar surface area (TPSA) is 130 Å². The number of carboxylic acid groups (broad SMARTS) is 1. The molecule has 0 unspecified atom stereocenters. The minimum absolute atomic E-state index is 0.0155. The molecule has 0 bridgehead atoms. The van der Waals surface area contributed by atoms with E-state index in [1.807, 2.05) is 36.1 Å². The number of nitrogens with zero attached hydrogens (tertiary/aromatic N) is 3. The van der Waals surface area contributed by atoms with Crippen LogP contribution in [0.1, 0.15) is 12.6 Å². The highest BCUT2D eigenvalue weighted by Gasteiger charge is 2.54. The second-order valence-corrected chi connectivity index (χ2v) is 10.4. The molecule has 172 valence electrons. The first-order valence-electron chi connectivity index (χ1n) is 9.96. The third-order valence-electron chi connectivity index (χ3n) is 5.23. The Labute approximate surface area is 202 Å². The maximum atomic E-state index is 12.9. The van der Waals surface area contributed by atoms with E-state index < -0.39 is 29.2 Å². The van der Waals surface area contributed by atoms with Crippen LogP contribution >= 0.6 is 34.9 Å². The molecule has 0 aliphatic carbocycles. The van der Waals surface area contributed by atoms with Crippen LogP contribution in [-0.4, -0.2) is 55.7 Å². The predicted octanol–water partition coefficient (Wildman–Crippen LogP) is 1.48. The summed E-state index contributed by atoms with van der Waals surface area (Å²) in [5.74, 6) is -1.08. The van der Waals surface area contributed by atoms with Gasteiger partial charge in [-0.1, -0.05) is 6.08 Å². The van der Waals surface area contributed by atoms with Crippen LogP contribution in [0.3, 0.4) is 0 Å². The molecule has 2 aromatic rings. The van der Waals surface area contributed by atoms with Gasteiger partial charge in [-0.25, -0.2) is 14.3 Å². The second-order valence-electron chi connectivity index (χ2n) is 7.38. The highest BCUT2D eigenvalue weighted by Crippen LogP contribution is 2.41. The molecular weight excluding hydrogens is 482 g/mol. The lowest BCUT2D eigenvalue weighted by atomic mass is 10.0. The summed E-state index contributed by atoms with van der Waals surface area (Å²) in [5.41, 5.74) is 7.13. The molecule has 0 spiro atoms. The summed E-state index contributed by atoms with van der Waals surface area (Å²) in [6, 6.07) is 3.12. The SMILES string of the molecule is CC=C(C(=O)N[C@@H]1C(=O)N2C(C(=O)O)=C(CSc3cc[n+](C)cc3)CS[C@@H]12)c1csc(N)n1. The Kier molecular flexibility index (Phi) is 6.77. The quantitative estimate of drug-likeness (QED) is 0.224. The smallest absolute Gasteiger partial charge is 0.352 e. The Morgan fingerprint density at radius 3 is 2.76 bits per heavy atom. The number of aryl methyl sites for hydroxylation is 1. The number of allylic oxidation sites excluding steroid dienone is 1. The van der Waals surface area contributed by atoms with Crippen molar-refractivity contribution in [2.75, 3.05) is 17.2 Å². The van der Waals surface area contributed by atoms with Crippen LogP contribution in [-0.2, 0) is 21.4 Å². The van der Waals surface area contributed by atoms with E-state index in [1.54, 1.807) is 18.4 Å². The molecule has 2 aliphatic rings. The van der Waals surface area contributed by atoms with Gasteiger partial charge in [-0.15, -0.1) is 34.9 Å². The van der Waals surface area contributed by atoms with Crippen LogP contribution < -0.4 is 15.6 Å². The van der Waals surface area contributed by atoms with Crippen molar-refractivity contribution in [1.82, 2.24) is 15.2 Å². The summed E-state index contributed by atoms with van der Waals surface area (Å²) in [6.45, 7) is 1.71. The number of β-lactam (4-membered cyclic amide) rings is 1. The Hall–Kier alpha value is -2.83. The molecule has 1 saturated heterocycles. The Balaban J connectivity index is 1.47. The molecule has 4 rings (SSSR count). The van der Waals surface area contributed by atoms with E-state index in [0.29, 0.717) is 33.5 Å². The van der Waals surface area contributed by atoms with Crippen LogP contribution in [0, 0.1) is 0 Å². The number of fused-ring (bicyclic) bond motifs is 1. The number of anilines is 1. The van der Waals surface area contributed by atoms with E-state index >= 15 is 0 Å². The molecule has 4 heterocycles. The summed E-state index contributed by atoms with van der Waals surface area (Å²) >= 11 is 4.20. The minimum atomic E-state index is -1.14. The lowest BCUT2D eigenvalue weighted by molar-refractivity contribution is -0.671. The van der Waals surface area contributed by atoms with E-state index in [1.165, 1.54) is 39.8 Å². The molecule has 2 aromatic heterocycles. The first kappa shape index (κ1) is 23.3. The fourth-order valence-electron chi connectivity index (χ4n) is 3.57. The number of nitrogens with one attached hydrogen (secondary N) is 1. The van der Waals surface area contributed by atoms with Crippen molar-refractivity contribution in [3.63, 3.8) is 0 Å². The number of thiazole rings is 1. The minimum Gasteiger partial charge on any atom is -0.477 e. The van der Waals surface area contributed by atoms with Crippen LogP contribution in [0.25, 0.3) is 5.57 Å². The standard InChI is InChI=1S/C21H21N5O4S3/c1-3-13(14-10-33-21(22)23-14)17(27)24-15-18(28)26-16(20(29)30)11(9-32-19(15)26)8-31-12-4-6-25(2)7-5-12/h3-7,10,15,19H,8-9H2,1-2H3,(H3-,22,23,24,27,29,30)/p+1/t15-,19+/m1/s1. The van der Waals surface area contributed by atoms with Crippen molar-refractivity contribution >= 4 is 63.3 Å². The van der Waals surface area contributed by atoms with E-state index in [4.69, 9.17) is 5.73 Å². The molecule has 12 heteroatoms. The number of pyridine rings is 1. The Bertz CT molecular complexity index is 1170. The summed E-state index contributed by atoms with van der Waals surface area (Å²) in [7, 11) is 1.92. The molecule has 9 nitrogen and oxygen atoms in total. The third-order valence-corrected chi connectivity index (χ3v) is 8.34. The second kappa shape index (κ2) is 9.57. The lowest BCUT2D eigenvalue weighted by Gasteiger charge is -2.49. The number of rotatable bonds is 7. The van der Waals surface area contributed by atoms with Gasteiger partial charge in [0.2, 0.25) is 0 Å². The fraction of sp³-hybridized carbons (Fsp3) is 0.286. The van der Waals surface area contributed by atoms with Crippen LogP contribution in [0.5, 0.6) is 0 Å². The molecule has 1 fully saturated rings. The molecule has 4 N–H and O–H groups in total. The van der Waals surface area contributed by atoms with Crippen LogP contribution in [0.2, 0.25) is 0 Å². The average Bonchev–Trinajstić information content (AvgIpc) is 3.22. The zero-order valence-corrected chi connectivity index (χ0v) is 20.3. The number of hydrogen-bond donors (Lipinski definition) is 3. The van der Waals surface area contributed by atoms with Gasteiger partial charge in [0, 0.05) is 33.9 Å². The lowest BCUT2D eigenvalue weighted by Crippen LogP contribution is -2.70. The number of amides is 2. The molecule has 33 heavy (non-hydrogen) atoms. The Morgan fingerprint density at radius 2 is 2.15 bits per heavy atom. The molecule has 2 atom stereocenters. The highest BCUT2D eigenvalue weighted by molar-refractivity contribution is 8.01. The number of aliphatic carboxylic acids is 1. The number of carbonyl (C=O) groups is 3. The molecule has 0 saturated carbocycles. The highest BCUT2D eigenvalue weighted by atomic mass is 32.2. The van der Waals surface area contributed by atoms with Gasteiger partial charge >= 0.3 is 5.97 Å². The van der Waals surface area contributed by atoms with E-state index in [9.17, 15) is 19.5 Å². The molecule has 0 aromatic carbocycles. The maximum absolute atomic E-state index is 12.9. The maximum Gasteiger partial charge on any atom is 0.352 e. The largest absolute Gasteiger partial charge is 0.477 e. The average molecular weight is 505 g/mol. The number of thioether (sulfide) groups is 2. The molecule has 2 amide bonds. The Morgan fingerprint density at radius 1 is 1.42 bits per heavy atom. The van der Waals surface area contributed by atoms with E-state index in [-0.39, 0.29) is 5.70 Å². The van der Waals surface area contributed by atoms with Gasteiger partial charge < -0.3 is 16.2 Å². The number of nitrogens with two attached hydrogens (primary N) is 1. The summed E-state index contributed by atoms with van der Waals surface area (Å²) < 4.78 is 1.92. The zero-order chi connectivity index (χ0) is 23.7. The number of carbonyl (C=O) groups excluding carboxylic acids is 2. The van der Waals surface area contributed by atoms with Gasteiger partial charge in [-0.05, 0) is 12.5 Å². The first-order chi connectivity index (χ1) is 15.8. The van der Waals surface area contributed by atoms with Crippen molar-refractivity contribution in [3.8, 4) is 0 Å². The van der Waals surface area contributed by atoms with Crippen molar-refractivity contribution in [1.29, 1.82) is 0 Å². The normalized spacial score (nSPS) is 20.4. The van der Waals surface area contributed by atoms with Crippen molar-refractivity contribution in [2.24, 2.45) is 7.05 Å². The number of nitrogen functional groups attached to an aromatic ring is 1. The number of aromatic nitrogens is 2. The summed E-state index contributed by atoms with van der Waals surface area (Å²) in [6.07, 6.45) is 5.46. The summed E-state index contributed by atoms with van der Waals surface area (Å²) in [5, 5.41) is 14.1. The first-order valence-corrected chi connectivity index (χ1v) is 12.9. The monoisotopic (exact) mass is 504 g/mol. The van der Waals surface area contributed by atoms with Gasteiger partial charge in [0.05, 0.1) is 11.3 Å². The van der Waals surface area contributed by atoms with Gasteiger partial charge in [0.15, 0.2) is 17.5 Å². The predicted molar refractivity (Wildman–Crippen MR) is 128 cm³/mol. The van der Waals surface area contributed by atoms with Gasteiger partial charge in [-0.2, -0.15) is 0 Å². The van der Waals surface area contributed by atoms with E-state index in [2.05, 4.69) is 10.3 Å². The molecule has 2 aliphatic heterocycles. The summed E-state index contributed by atoms with van der Waals surface area (Å²) in [4.78, 5) is 44.2. The van der Waals surface area contributed by atoms with Gasteiger partial charge in [-0.3, -0.25) is 14.5 Å². The number of carboxylic acids is 1. The molecular formula is C21H22N5O4S3+. The van der Waals surface area contributed by atoms with Crippen molar-refractivity contribution in [2.45, 2.75) is 23.2 Å². The van der Waals surface area contributed by atoms with Crippen molar-refractivity contribution in [3.05, 3.63) is 52.9 Å². The molecule has 0 radical (unpaired) electrons. The fourth-order valence-corrected chi connectivity index (χ4v) is 6.51. The third kappa shape index (κ3) is 4.63. The van der Waals surface area contributed by atoms with E-state index in [0.717, 1.165) is 4.90 Å². The zero-order valence-electron chi connectivity index (χ0n) is 17.8. The van der Waals surface area contributed by atoms with Gasteiger partial charge in [0.25, 0.3) is 11.8 Å². The number of hydrogen-bond acceptors (Lipinski definition) is 8.